The molecular formula is C18H38O2Si2. The zero-order valence-corrected chi connectivity index (χ0v) is 18.2. The van der Waals surface area contributed by atoms with Crippen LogP contribution in [0.25, 0.3) is 0 Å². The lowest BCUT2D eigenvalue weighted by Gasteiger charge is -2.43. The molecule has 2 nitrogen and oxygen atoms in total. The largest absolute Gasteiger partial charge is 0.547 e. The van der Waals surface area contributed by atoms with E-state index in [-0.39, 0.29) is 11.5 Å². The molecule has 0 fully saturated rings. The fourth-order valence-corrected chi connectivity index (χ4v) is 6.62. The molecule has 0 bridgehead atoms. The van der Waals surface area contributed by atoms with Crippen molar-refractivity contribution in [3.05, 3.63) is 25.0 Å². The Balaban J connectivity index is 5.37. The molecule has 0 radical (unpaired) electrons. The second kappa shape index (κ2) is 8.50. The SMILES string of the molecule is C=CC[C@@H](O[Si](CC)(CC)CC)C(C)(C)C(=C)O[Si](C)(C)C. The van der Waals surface area contributed by atoms with Gasteiger partial charge in [-0.05, 0) is 44.2 Å². The van der Waals surface area contributed by atoms with Crippen LogP contribution < -0.4 is 0 Å². The average molecular weight is 343 g/mol. The van der Waals surface area contributed by atoms with Crippen molar-refractivity contribution >= 4 is 16.6 Å². The van der Waals surface area contributed by atoms with E-state index in [1.54, 1.807) is 0 Å². The monoisotopic (exact) mass is 342 g/mol. The van der Waals surface area contributed by atoms with Crippen molar-refractivity contribution in [3.63, 3.8) is 0 Å². The van der Waals surface area contributed by atoms with Gasteiger partial charge in [-0.2, -0.15) is 0 Å². The molecule has 0 saturated heterocycles. The Morgan fingerprint density at radius 3 is 1.86 bits per heavy atom. The standard InChI is InChI=1S/C18H38O2Si2/c1-11-15-17(20-22(12-2,13-3)14-4)18(6,7)16(5)19-21(8,9)10/h11,17H,1,5,12-15H2,2-4,6-10H3/t17-/m1/s1. The van der Waals surface area contributed by atoms with Crippen LogP contribution in [-0.4, -0.2) is 22.7 Å². The summed E-state index contributed by atoms with van der Waals surface area (Å²) in [6, 6.07) is 3.47. The predicted octanol–water partition coefficient (Wildman–Crippen LogP) is 6.34. The molecule has 130 valence electrons. The molecular weight excluding hydrogens is 304 g/mol. The van der Waals surface area contributed by atoms with E-state index in [0.29, 0.717) is 0 Å². The Bertz CT molecular complexity index is 358. The minimum absolute atomic E-state index is 0.0976. The van der Waals surface area contributed by atoms with Crippen LogP contribution in [0.2, 0.25) is 37.8 Å². The fourth-order valence-electron chi connectivity index (χ4n) is 2.62. The van der Waals surface area contributed by atoms with E-state index in [0.717, 1.165) is 30.3 Å². The Morgan fingerprint density at radius 2 is 1.55 bits per heavy atom. The van der Waals surface area contributed by atoms with E-state index in [1.807, 2.05) is 6.08 Å². The van der Waals surface area contributed by atoms with Crippen molar-refractivity contribution in [3.8, 4) is 0 Å². The van der Waals surface area contributed by atoms with Gasteiger partial charge in [-0.15, -0.1) is 6.58 Å². The summed E-state index contributed by atoms with van der Waals surface area (Å²) in [5.41, 5.74) is -0.202. The van der Waals surface area contributed by atoms with Crippen molar-refractivity contribution in [2.45, 2.75) is 84.9 Å². The van der Waals surface area contributed by atoms with Crippen molar-refractivity contribution in [1.29, 1.82) is 0 Å². The predicted molar refractivity (Wildman–Crippen MR) is 104 cm³/mol. The lowest BCUT2D eigenvalue weighted by Crippen LogP contribution is -2.46. The van der Waals surface area contributed by atoms with Crippen LogP contribution in [-0.2, 0) is 8.85 Å². The molecule has 0 heterocycles. The minimum Gasteiger partial charge on any atom is -0.547 e. The Kier molecular flexibility index (Phi) is 8.38. The smallest absolute Gasteiger partial charge is 0.241 e. The van der Waals surface area contributed by atoms with Gasteiger partial charge in [0.2, 0.25) is 8.32 Å². The van der Waals surface area contributed by atoms with E-state index in [2.05, 4.69) is 67.4 Å². The van der Waals surface area contributed by atoms with E-state index < -0.39 is 16.6 Å². The molecule has 0 saturated carbocycles. The van der Waals surface area contributed by atoms with Gasteiger partial charge in [-0.25, -0.2) is 0 Å². The first-order chi connectivity index (χ1) is 9.98. The molecule has 0 aromatic rings. The van der Waals surface area contributed by atoms with E-state index in [1.165, 1.54) is 0 Å². The summed E-state index contributed by atoms with van der Waals surface area (Å²) in [7, 11) is -3.32. The summed E-state index contributed by atoms with van der Waals surface area (Å²) in [5.74, 6) is 0.865. The highest BCUT2D eigenvalue weighted by Gasteiger charge is 2.41. The lowest BCUT2D eigenvalue weighted by atomic mass is 9.83. The maximum Gasteiger partial charge on any atom is 0.241 e. The number of hydrogen-bond acceptors (Lipinski definition) is 2. The lowest BCUT2D eigenvalue weighted by molar-refractivity contribution is 0.0637. The quantitative estimate of drug-likeness (QED) is 0.247. The highest BCUT2D eigenvalue weighted by molar-refractivity contribution is 6.73. The minimum atomic E-state index is -1.67. The van der Waals surface area contributed by atoms with E-state index >= 15 is 0 Å². The summed E-state index contributed by atoms with van der Waals surface area (Å²) in [6.45, 7) is 26.0. The van der Waals surface area contributed by atoms with Gasteiger partial charge in [-0.1, -0.05) is 47.3 Å². The van der Waals surface area contributed by atoms with E-state index in [9.17, 15) is 0 Å². The van der Waals surface area contributed by atoms with Crippen molar-refractivity contribution in [1.82, 2.24) is 0 Å². The topological polar surface area (TPSA) is 18.5 Å². The summed E-state index contributed by atoms with van der Waals surface area (Å²) in [6.07, 6.45) is 2.91. The summed E-state index contributed by atoms with van der Waals surface area (Å²) >= 11 is 0. The molecule has 0 amide bonds. The fraction of sp³-hybridized carbons (Fsp3) is 0.778. The van der Waals surface area contributed by atoms with Crippen LogP contribution in [0, 0.1) is 5.41 Å². The highest BCUT2D eigenvalue weighted by atomic mass is 28.4. The summed E-state index contributed by atoms with van der Waals surface area (Å²) in [4.78, 5) is 0. The molecule has 1 atom stereocenters. The molecule has 0 aromatic heterocycles. The second-order valence-electron chi connectivity index (χ2n) is 7.73. The van der Waals surface area contributed by atoms with Gasteiger partial charge in [0.1, 0.15) is 0 Å². The number of rotatable bonds is 11. The first-order valence-corrected chi connectivity index (χ1v) is 14.6. The molecule has 0 spiro atoms. The summed E-state index contributed by atoms with van der Waals surface area (Å²) in [5, 5.41) is 0. The Hall–Kier alpha value is -0.326. The Labute approximate surface area is 141 Å². The molecule has 0 N–H and O–H groups in total. The molecule has 0 unspecified atom stereocenters. The zero-order valence-electron chi connectivity index (χ0n) is 16.2. The van der Waals surface area contributed by atoms with Crippen LogP contribution in [0.15, 0.2) is 25.0 Å². The van der Waals surface area contributed by atoms with Gasteiger partial charge < -0.3 is 8.85 Å². The third kappa shape index (κ3) is 6.05. The van der Waals surface area contributed by atoms with Crippen LogP contribution >= 0.6 is 0 Å². The normalized spacial score (nSPS) is 14.5. The molecule has 0 aliphatic heterocycles. The zero-order chi connectivity index (χ0) is 17.6. The maximum absolute atomic E-state index is 6.77. The van der Waals surface area contributed by atoms with Gasteiger partial charge in [0.05, 0.1) is 11.9 Å². The molecule has 0 aliphatic rings. The van der Waals surface area contributed by atoms with Gasteiger partial charge in [0.15, 0.2) is 8.32 Å². The van der Waals surface area contributed by atoms with E-state index in [4.69, 9.17) is 8.85 Å². The highest BCUT2D eigenvalue weighted by Crippen LogP contribution is 2.39. The van der Waals surface area contributed by atoms with Gasteiger partial charge in [-0.3, -0.25) is 0 Å². The van der Waals surface area contributed by atoms with Gasteiger partial charge in [0.25, 0.3) is 0 Å². The first kappa shape index (κ1) is 21.7. The van der Waals surface area contributed by atoms with Crippen molar-refractivity contribution < 1.29 is 8.85 Å². The van der Waals surface area contributed by atoms with Gasteiger partial charge >= 0.3 is 0 Å². The van der Waals surface area contributed by atoms with Gasteiger partial charge in [0, 0.05) is 5.41 Å². The average Bonchev–Trinajstić information content (AvgIpc) is 2.42. The maximum atomic E-state index is 6.77. The Morgan fingerprint density at radius 1 is 1.09 bits per heavy atom. The number of hydrogen-bond donors (Lipinski definition) is 0. The first-order valence-electron chi connectivity index (χ1n) is 8.65. The van der Waals surface area contributed by atoms with Crippen LogP contribution in [0.4, 0.5) is 0 Å². The molecule has 0 aliphatic carbocycles. The third-order valence-electron chi connectivity index (χ3n) is 4.66. The van der Waals surface area contributed by atoms with Crippen LogP contribution in [0.1, 0.15) is 41.0 Å². The summed E-state index contributed by atoms with van der Waals surface area (Å²) < 4.78 is 13.0. The molecule has 22 heavy (non-hydrogen) atoms. The van der Waals surface area contributed by atoms with Crippen molar-refractivity contribution in [2.24, 2.45) is 5.41 Å². The molecule has 0 aromatic carbocycles. The van der Waals surface area contributed by atoms with Crippen LogP contribution in [0.3, 0.4) is 0 Å². The third-order valence-corrected chi connectivity index (χ3v) is 10.2. The molecule has 0 rings (SSSR count). The van der Waals surface area contributed by atoms with Crippen molar-refractivity contribution in [2.75, 3.05) is 0 Å². The van der Waals surface area contributed by atoms with Crippen LogP contribution in [0.5, 0.6) is 0 Å². The second-order valence-corrected chi connectivity index (χ2v) is 16.9. The molecule has 4 heteroatoms.